The average Bonchev–Trinajstić information content (AvgIpc) is 2.67. The molecule has 7 heteroatoms. The van der Waals surface area contributed by atoms with Crippen molar-refractivity contribution >= 4 is 18.5 Å². The van der Waals surface area contributed by atoms with E-state index in [0.717, 1.165) is 0 Å². The zero-order valence-corrected chi connectivity index (χ0v) is 10.3. The van der Waals surface area contributed by atoms with Crippen molar-refractivity contribution in [3.63, 3.8) is 0 Å². The third kappa shape index (κ3) is 2.47. The second-order valence-corrected chi connectivity index (χ2v) is 5.85. The molecule has 18 heavy (non-hydrogen) atoms. The number of hydrogen-bond donors (Lipinski definition) is 4. The van der Waals surface area contributed by atoms with Crippen molar-refractivity contribution in [1.82, 2.24) is 4.98 Å². The van der Waals surface area contributed by atoms with Crippen LogP contribution in [0.15, 0.2) is 24.4 Å². The Morgan fingerprint density at radius 3 is 2.72 bits per heavy atom. The molecule has 4 N–H and O–H groups in total. The van der Waals surface area contributed by atoms with Crippen molar-refractivity contribution in [2.75, 3.05) is 6.61 Å². The lowest BCUT2D eigenvalue weighted by Crippen LogP contribution is -2.02. The monoisotopic (exact) mass is 273 g/mol. The van der Waals surface area contributed by atoms with Crippen molar-refractivity contribution in [2.24, 2.45) is 0 Å². The lowest BCUT2D eigenvalue weighted by atomic mass is 10.1. The van der Waals surface area contributed by atoms with Gasteiger partial charge in [-0.05, 0) is 30.2 Å². The first-order valence-electron chi connectivity index (χ1n) is 5.36. The molecule has 1 atom stereocenters. The van der Waals surface area contributed by atoms with Gasteiger partial charge >= 0.3 is 7.60 Å². The lowest BCUT2D eigenvalue weighted by Gasteiger charge is -2.16. The summed E-state index contributed by atoms with van der Waals surface area (Å²) in [6, 6.07) is 3.99. The van der Waals surface area contributed by atoms with Gasteiger partial charge in [0.1, 0.15) is 5.82 Å². The Morgan fingerprint density at radius 2 is 2.11 bits per heavy atom. The number of aromatic amines is 1. The Bertz CT molecular complexity index is 606. The highest BCUT2D eigenvalue weighted by molar-refractivity contribution is 7.52. The van der Waals surface area contributed by atoms with Gasteiger partial charge in [0.2, 0.25) is 0 Å². The smallest absolute Gasteiger partial charge is 0.333 e. The molecule has 5 nitrogen and oxygen atoms in total. The van der Waals surface area contributed by atoms with Crippen molar-refractivity contribution < 1.29 is 23.8 Å². The number of aliphatic hydroxyl groups excluding tert-OH is 1. The van der Waals surface area contributed by atoms with E-state index in [1.54, 1.807) is 0 Å². The Balaban J connectivity index is 2.57. The van der Waals surface area contributed by atoms with E-state index < -0.39 is 19.1 Å². The van der Waals surface area contributed by atoms with Crippen LogP contribution in [-0.4, -0.2) is 26.5 Å². The van der Waals surface area contributed by atoms with Crippen LogP contribution in [0.5, 0.6) is 0 Å². The first kappa shape index (κ1) is 13.2. The van der Waals surface area contributed by atoms with E-state index in [9.17, 15) is 18.7 Å². The second-order valence-electron chi connectivity index (χ2n) is 4.05. The molecule has 0 aliphatic carbocycles. The number of halogens is 1. The number of H-pyrrole nitrogens is 1. The van der Waals surface area contributed by atoms with Gasteiger partial charge in [-0.2, -0.15) is 0 Å². The van der Waals surface area contributed by atoms with Crippen LogP contribution in [0, 0.1) is 5.82 Å². The Hall–Kier alpha value is -1.20. The highest BCUT2D eigenvalue weighted by Gasteiger charge is 2.31. The Labute approximate surface area is 102 Å². The predicted molar refractivity (Wildman–Crippen MR) is 64.7 cm³/mol. The van der Waals surface area contributed by atoms with Gasteiger partial charge in [-0.25, -0.2) is 4.39 Å². The summed E-state index contributed by atoms with van der Waals surface area (Å²) in [5.41, 5.74) is -0.201. The molecule has 1 heterocycles. The molecule has 0 bridgehead atoms. The van der Waals surface area contributed by atoms with Crippen LogP contribution in [0.1, 0.15) is 17.6 Å². The van der Waals surface area contributed by atoms with Crippen LogP contribution < -0.4 is 0 Å². The number of nitrogens with one attached hydrogen (secondary N) is 1. The third-order valence-corrected chi connectivity index (χ3v) is 4.19. The number of fused-ring (bicyclic) bond motifs is 1. The molecule has 0 saturated carbocycles. The minimum atomic E-state index is -4.40. The average molecular weight is 273 g/mol. The molecule has 2 aromatic rings. The van der Waals surface area contributed by atoms with E-state index in [4.69, 9.17) is 5.11 Å². The van der Waals surface area contributed by atoms with Crippen molar-refractivity contribution in [3.05, 3.63) is 35.8 Å². The molecule has 0 radical (unpaired) electrons. The largest absolute Gasteiger partial charge is 0.396 e. The predicted octanol–water partition coefficient (Wildman–Crippen LogP) is 1.91. The zero-order valence-electron chi connectivity index (χ0n) is 9.38. The van der Waals surface area contributed by atoms with Gasteiger partial charge in [-0.15, -0.1) is 0 Å². The molecule has 1 aromatic heterocycles. The van der Waals surface area contributed by atoms with E-state index in [-0.39, 0.29) is 13.0 Å². The van der Waals surface area contributed by atoms with Crippen LogP contribution in [0.3, 0.4) is 0 Å². The van der Waals surface area contributed by atoms with Crippen molar-refractivity contribution in [2.45, 2.75) is 12.1 Å². The fourth-order valence-electron chi connectivity index (χ4n) is 2.02. The third-order valence-electron chi connectivity index (χ3n) is 2.84. The first-order valence-corrected chi connectivity index (χ1v) is 7.04. The molecule has 98 valence electrons. The molecule has 1 unspecified atom stereocenters. The van der Waals surface area contributed by atoms with Crippen molar-refractivity contribution in [3.8, 4) is 0 Å². The summed E-state index contributed by atoms with van der Waals surface area (Å²) >= 11 is 0. The maximum Gasteiger partial charge on any atom is 0.333 e. The van der Waals surface area contributed by atoms with E-state index in [1.165, 1.54) is 24.4 Å². The van der Waals surface area contributed by atoms with Gasteiger partial charge in [0, 0.05) is 23.7 Å². The number of rotatable bonds is 4. The van der Waals surface area contributed by atoms with Gasteiger partial charge in [0.05, 0.1) is 5.66 Å². The van der Waals surface area contributed by atoms with Crippen LogP contribution in [0.2, 0.25) is 0 Å². The van der Waals surface area contributed by atoms with E-state index in [1.807, 2.05) is 0 Å². The minimum Gasteiger partial charge on any atom is -0.396 e. The molecule has 0 aliphatic heterocycles. The molecular formula is C11H13FNO4P. The second kappa shape index (κ2) is 4.82. The van der Waals surface area contributed by atoms with E-state index in [0.29, 0.717) is 16.5 Å². The van der Waals surface area contributed by atoms with Gasteiger partial charge in [-0.3, -0.25) is 4.57 Å². The SMILES string of the molecule is O=P(O)(O)C(CCO)c1c[nH]c2ccc(F)cc12. The summed E-state index contributed by atoms with van der Waals surface area (Å²) in [7, 11) is -4.40. The summed E-state index contributed by atoms with van der Waals surface area (Å²) in [5.74, 6) is -0.475. The normalized spacial score (nSPS) is 14.0. The quantitative estimate of drug-likeness (QED) is 0.640. The molecular weight excluding hydrogens is 260 g/mol. The van der Waals surface area contributed by atoms with Crippen LogP contribution >= 0.6 is 7.60 Å². The highest BCUT2D eigenvalue weighted by atomic mass is 31.2. The van der Waals surface area contributed by atoms with Gasteiger partial charge in [0.25, 0.3) is 0 Å². The Morgan fingerprint density at radius 1 is 1.39 bits per heavy atom. The fraction of sp³-hybridized carbons (Fsp3) is 0.273. The molecule has 0 saturated heterocycles. The van der Waals surface area contributed by atoms with E-state index >= 15 is 0 Å². The van der Waals surface area contributed by atoms with Crippen molar-refractivity contribution in [1.29, 1.82) is 0 Å². The number of aromatic nitrogens is 1. The van der Waals surface area contributed by atoms with Crippen LogP contribution in [0.25, 0.3) is 10.9 Å². The topological polar surface area (TPSA) is 93.6 Å². The first-order chi connectivity index (χ1) is 8.43. The molecule has 0 amide bonds. The zero-order chi connectivity index (χ0) is 13.3. The molecule has 0 fully saturated rings. The molecule has 1 aromatic carbocycles. The standard InChI is InChI=1S/C11H13FNO4P/c12-7-1-2-10-8(5-7)9(6-13-10)11(3-4-14)18(15,16)17/h1-2,5-6,11,13-14H,3-4H2,(H2,15,16,17). The minimum absolute atomic E-state index is 0.0757. The van der Waals surface area contributed by atoms with Gasteiger partial charge in [0.15, 0.2) is 0 Å². The van der Waals surface area contributed by atoms with Crippen LogP contribution in [-0.2, 0) is 4.57 Å². The summed E-state index contributed by atoms with van der Waals surface area (Å²) in [5, 5.41) is 9.33. The highest BCUT2D eigenvalue weighted by Crippen LogP contribution is 2.54. The molecule has 0 spiro atoms. The number of benzene rings is 1. The summed E-state index contributed by atoms with van der Waals surface area (Å²) < 4.78 is 24.6. The van der Waals surface area contributed by atoms with Gasteiger partial charge < -0.3 is 19.9 Å². The Kier molecular flexibility index (Phi) is 3.54. The maximum atomic E-state index is 13.2. The summed E-state index contributed by atoms with van der Waals surface area (Å²) in [6.45, 7) is -0.349. The lowest BCUT2D eigenvalue weighted by molar-refractivity contribution is 0.274. The van der Waals surface area contributed by atoms with E-state index in [2.05, 4.69) is 4.98 Å². The maximum absolute atomic E-state index is 13.2. The van der Waals surface area contributed by atoms with Gasteiger partial charge in [-0.1, -0.05) is 0 Å². The summed E-state index contributed by atoms with van der Waals surface area (Å²) in [6.07, 6.45) is 1.37. The fourth-order valence-corrected chi connectivity index (χ4v) is 3.05. The number of hydrogen-bond acceptors (Lipinski definition) is 2. The number of aliphatic hydroxyl groups is 1. The summed E-state index contributed by atoms with van der Waals surface area (Å²) in [4.78, 5) is 21.4. The van der Waals surface area contributed by atoms with Crippen LogP contribution in [0.4, 0.5) is 4.39 Å². The molecule has 2 rings (SSSR count). The molecule has 0 aliphatic rings.